The SMILES string of the molecule is Cl.Cl.c1ccc2c(c1)CCC(n1ccnc1-c1cc3n(n1)CCCNC3)C2. The van der Waals surface area contributed by atoms with Crippen molar-refractivity contribution in [3.63, 3.8) is 0 Å². The maximum Gasteiger partial charge on any atom is 0.160 e. The van der Waals surface area contributed by atoms with Gasteiger partial charge >= 0.3 is 0 Å². The number of aryl methyl sites for hydroxylation is 2. The molecule has 1 atom stereocenters. The minimum absolute atomic E-state index is 0. The molecule has 0 spiro atoms. The van der Waals surface area contributed by atoms with Crippen molar-refractivity contribution in [2.75, 3.05) is 6.54 Å². The van der Waals surface area contributed by atoms with Crippen molar-refractivity contribution in [2.45, 2.75) is 44.8 Å². The van der Waals surface area contributed by atoms with Crippen LogP contribution in [0.4, 0.5) is 0 Å². The Morgan fingerprint density at radius 1 is 1.11 bits per heavy atom. The number of halogens is 2. The highest BCUT2D eigenvalue weighted by atomic mass is 35.5. The van der Waals surface area contributed by atoms with Crippen LogP contribution in [0.2, 0.25) is 0 Å². The summed E-state index contributed by atoms with van der Waals surface area (Å²) in [4.78, 5) is 4.65. The number of fused-ring (bicyclic) bond motifs is 2. The Labute approximate surface area is 172 Å². The summed E-state index contributed by atoms with van der Waals surface area (Å²) in [6.07, 6.45) is 8.55. The van der Waals surface area contributed by atoms with Crippen molar-refractivity contribution in [3.05, 3.63) is 59.5 Å². The van der Waals surface area contributed by atoms with Crippen LogP contribution in [0, 0.1) is 0 Å². The molecule has 3 heterocycles. The van der Waals surface area contributed by atoms with E-state index in [2.05, 4.69) is 56.1 Å². The summed E-state index contributed by atoms with van der Waals surface area (Å²) in [6, 6.07) is 11.5. The van der Waals surface area contributed by atoms with Gasteiger partial charge in [-0.15, -0.1) is 24.8 Å². The summed E-state index contributed by atoms with van der Waals surface area (Å²) in [6.45, 7) is 2.94. The summed E-state index contributed by atoms with van der Waals surface area (Å²) in [5, 5.41) is 8.31. The molecule has 0 radical (unpaired) electrons. The summed E-state index contributed by atoms with van der Waals surface area (Å²) in [7, 11) is 0. The second kappa shape index (κ2) is 8.46. The molecule has 1 aliphatic heterocycles. The van der Waals surface area contributed by atoms with Crippen LogP contribution in [0.5, 0.6) is 0 Å². The number of imidazole rings is 1. The van der Waals surface area contributed by atoms with Gasteiger partial charge in [0.1, 0.15) is 5.69 Å². The largest absolute Gasteiger partial charge is 0.326 e. The normalized spacial score (nSPS) is 18.4. The molecule has 0 saturated heterocycles. The first-order valence-electron chi connectivity index (χ1n) is 9.26. The fraction of sp³-hybridized carbons (Fsp3) is 0.400. The number of nitrogens with zero attached hydrogens (tertiary/aromatic N) is 4. The zero-order valence-corrected chi connectivity index (χ0v) is 16.8. The lowest BCUT2D eigenvalue weighted by molar-refractivity contribution is 0.445. The van der Waals surface area contributed by atoms with E-state index >= 15 is 0 Å². The average Bonchev–Trinajstić information content (AvgIpc) is 3.23. The molecule has 1 N–H and O–H groups in total. The van der Waals surface area contributed by atoms with E-state index in [0.29, 0.717) is 6.04 Å². The van der Waals surface area contributed by atoms with Crippen molar-refractivity contribution in [1.82, 2.24) is 24.6 Å². The molecule has 2 aromatic heterocycles. The molecule has 3 aromatic rings. The lowest BCUT2D eigenvalue weighted by Crippen LogP contribution is -2.19. The molecule has 0 fully saturated rings. The van der Waals surface area contributed by atoms with E-state index in [9.17, 15) is 0 Å². The average molecular weight is 406 g/mol. The van der Waals surface area contributed by atoms with Gasteiger partial charge in [0.25, 0.3) is 0 Å². The Balaban J connectivity index is 0.00000105. The summed E-state index contributed by atoms with van der Waals surface area (Å²) >= 11 is 0. The molecule has 1 aromatic carbocycles. The highest BCUT2D eigenvalue weighted by molar-refractivity contribution is 5.85. The second-order valence-corrected chi connectivity index (χ2v) is 7.10. The monoisotopic (exact) mass is 405 g/mol. The van der Waals surface area contributed by atoms with Gasteiger partial charge in [0.05, 0.1) is 5.69 Å². The van der Waals surface area contributed by atoms with Crippen LogP contribution in [0.1, 0.15) is 35.7 Å². The number of nitrogens with one attached hydrogen (secondary N) is 1. The molecule has 27 heavy (non-hydrogen) atoms. The van der Waals surface area contributed by atoms with Crippen LogP contribution >= 0.6 is 24.8 Å². The minimum Gasteiger partial charge on any atom is -0.326 e. The molecule has 0 amide bonds. The molecule has 0 saturated carbocycles. The van der Waals surface area contributed by atoms with Crippen molar-refractivity contribution in [3.8, 4) is 11.5 Å². The predicted octanol–water partition coefficient (Wildman–Crippen LogP) is 3.81. The number of hydrogen-bond donors (Lipinski definition) is 1. The van der Waals surface area contributed by atoms with Crippen LogP contribution in [0.3, 0.4) is 0 Å². The topological polar surface area (TPSA) is 47.7 Å². The van der Waals surface area contributed by atoms with Gasteiger partial charge < -0.3 is 9.88 Å². The first-order chi connectivity index (χ1) is 12.4. The summed E-state index contributed by atoms with van der Waals surface area (Å²) in [5.41, 5.74) is 5.24. The van der Waals surface area contributed by atoms with Gasteiger partial charge in [0.15, 0.2) is 5.82 Å². The van der Waals surface area contributed by atoms with E-state index in [1.807, 2.05) is 6.20 Å². The molecule has 5 nitrogen and oxygen atoms in total. The van der Waals surface area contributed by atoms with Crippen LogP contribution in [-0.4, -0.2) is 25.9 Å². The number of aromatic nitrogens is 4. The van der Waals surface area contributed by atoms with Gasteiger partial charge in [-0.1, -0.05) is 24.3 Å². The van der Waals surface area contributed by atoms with Crippen LogP contribution in [0.25, 0.3) is 11.5 Å². The van der Waals surface area contributed by atoms with Crippen LogP contribution < -0.4 is 5.32 Å². The lowest BCUT2D eigenvalue weighted by atomic mass is 9.88. The molecular formula is C20H25Cl2N5. The molecular weight excluding hydrogens is 381 g/mol. The Bertz CT molecular complexity index is 878. The second-order valence-electron chi connectivity index (χ2n) is 7.10. The quantitative estimate of drug-likeness (QED) is 0.704. The maximum atomic E-state index is 4.85. The van der Waals surface area contributed by atoms with Gasteiger partial charge in [-0.05, 0) is 49.4 Å². The minimum atomic E-state index is 0. The van der Waals surface area contributed by atoms with E-state index in [1.165, 1.54) is 16.8 Å². The maximum absolute atomic E-state index is 4.85. The third-order valence-corrected chi connectivity index (χ3v) is 5.50. The summed E-state index contributed by atoms with van der Waals surface area (Å²) < 4.78 is 4.48. The molecule has 5 rings (SSSR count). The van der Waals surface area contributed by atoms with Crippen molar-refractivity contribution in [2.24, 2.45) is 0 Å². The Morgan fingerprint density at radius 3 is 2.85 bits per heavy atom. The van der Waals surface area contributed by atoms with Gasteiger partial charge in [-0.25, -0.2) is 4.98 Å². The van der Waals surface area contributed by atoms with Gasteiger partial charge in [-0.2, -0.15) is 5.10 Å². The summed E-state index contributed by atoms with van der Waals surface area (Å²) in [5.74, 6) is 1.00. The Hall–Kier alpha value is -1.82. The standard InChI is InChI=1S/C20H23N5.2ClH/c1-2-5-16-12-17(7-6-15(16)4-1)24-11-9-22-20(24)19-13-18-14-21-8-3-10-25(18)23-19;;/h1-2,4-5,9,11,13,17,21H,3,6-8,10,12,14H2;2*1H. The first kappa shape index (κ1) is 19.9. The molecule has 144 valence electrons. The molecule has 2 aliphatic rings. The van der Waals surface area contributed by atoms with E-state index in [0.717, 1.165) is 56.8 Å². The van der Waals surface area contributed by atoms with Crippen LogP contribution in [0.15, 0.2) is 42.7 Å². The van der Waals surface area contributed by atoms with Crippen molar-refractivity contribution >= 4 is 24.8 Å². The molecule has 1 unspecified atom stereocenters. The molecule has 0 bridgehead atoms. The highest BCUT2D eigenvalue weighted by Crippen LogP contribution is 2.32. The van der Waals surface area contributed by atoms with E-state index in [1.54, 1.807) is 0 Å². The third-order valence-electron chi connectivity index (χ3n) is 5.50. The van der Waals surface area contributed by atoms with Crippen molar-refractivity contribution in [1.29, 1.82) is 0 Å². The predicted molar refractivity (Wildman–Crippen MR) is 112 cm³/mol. The lowest BCUT2D eigenvalue weighted by Gasteiger charge is -2.26. The number of hydrogen-bond acceptors (Lipinski definition) is 3. The van der Waals surface area contributed by atoms with Gasteiger partial charge in [0.2, 0.25) is 0 Å². The molecule has 1 aliphatic carbocycles. The van der Waals surface area contributed by atoms with E-state index < -0.39 is 0 Å². The van der Waals surface area contributed by atoms with Crippen molar-refractivity contribution < 1.29 is 0 Å². The third kappa shape index (κ3) is 3.77. The van der Waals surface area contributed by atoms with Gasteiger partial charge in [0, 0.05) is 31.5 Å². The Kier molecular flexibility index (Phi) is 6.25. The number of rotatable bonds is 2. The highest BCUT2D eigenvalue weighted by Gasteiger charge is 2.23. The zero-order valence-electron chi connectivity index (χ0n) is 15.2. The smallest absolute Gasteiger partial charge is 0.160 e. The van der Waals surface area contributed by atoms with E-state index in [4.69, 9.17) is 5.10 Å². The van der Waals surface area contributed by atoms with Gasteiger partial charge in [-0.3, -0.25) is 4.68 Å². The zero-order chi connectivity index (χ0) is 16.6. The number of benzene rings is 1. The van der Waals surface area contributed by atoms with Crippen LogP contribution in [-0.2, 0) is 25.9 Å². The first-order valence-corrected chi connectivity index (χ1v) is 9.26. The molecule has 7 heteroatoms. The van der Waals surface area contributed by atoms with E-state index in [-0.39, 0.29) is 24.8 Å². The Morgan fingerprint density at radius 2 is 1.96 bits per heavy atom. The fourth-order valence-corrected chi connectivity index (χ4v) is 4.19. The fourth-order valence-electron chi connectivity index (χ4n) is 4.19.